The van der Waals surface area contributed by atoms with Gasteiger partial charge >= 0.3 is 6.18 Å². The summed E-state index contributed by atoms with van der Waals surface area (Å²) in [7, 11) is -2.35. The lowest BCUT2D eigenvalue weighted by molar-refractivity contribution is -0.153. The molecule has 0 unspecified atom stereocenters. The van der Waals surface area contributed by atoms with Crippen molar-refractivity contribution in [2.45, 2.75) is 11.1 Å². The third kappa shape index (κ3) is 4.23. The SMILES string of the molecule is CNS(=O)(=O)c1ccc(OCC(F)(F)F)cc1. The molecule has 0 fully saturated rings. The highest BCUT2D eigenvalue weighted by molar-refractivity contribution is 7.89. The zero-order valence-electron chi connectivity index (χ0n) is 8.78. The lowest BCUT2D eigenvalue weighted by Crippen LogP contribution is -2.20. The summed E-state index contributed by atoms with van der Waals surface area (Å²) in [5.74, 6) is -0.0441. The van der Waals surface area contributed by atoms with Crippen LogP contribution in [0.3, 0.4) is 0 Å². The van der Waals surface area contributed by atoms with Gasteiger partial charge in [-0.2, -0.15) is 13.2 Å². The summed E-state index contributed by atoms with van der Waals surface area (Å²) >= 11 is 0. The molecule has 0 amide bonds. The molecular weight excluding hydrogens is 259 g/mol. The van der Waals surface area contributed by atoms with E-state index in [1.807, 2.05) is 0 Å². The summed E-state index contributed by atoms with van der Waals surface area (Å²) in [5, 5.41) is 0. The Morgan fingerprint density at radius 2 is 1.76 bits per heavy atom. The standard InChI is InChI=1S/C9H10F3NO3S/c1-13-17(14,15)8-4-2-7(3-5-8)16-6-9(10,11)12/h2-5,13H,6H2,1H3. The second-order valence-electron chi connectivity index (χ2n) is 3.08. The molecule has 0 aliphatic heterocycles. The molecule has 0 atom stereocenters. The van der Waals surface area contributed by atoms with E-state index in [0.717, 1.165) is 24.3 Å². The highest BCUT2D eigenvalue weighted by Gasteiger charge is 2.28. The van der Waals surface area contributed by atoms with Crippen LogP contribution >= 0.6 is 0 Å². The molecular formula is C9H10F3NO3S. The maximum atomic E-state index is 11.8. The highest BCUT2D eigenvalue weighted by atomic mass is 32.2. The van der Waals surface area contributed by atoms with E-state index in [4.69, 9.17) is 0 Å². The minimum absolute atomic E-state index is 0.0423. The molecule has 0 saturated heterocycles. The first-order valence-electron chi connectivity index (χ1n) is 4.48. The van der Waals surface area contributed by atoms with Gasteiger partial charge in [0.2, 0.25) is 10.0 Å². The molecule has 0 heterocycles. The molecule has 0 radical (unpaired) electrons. The first-order valence-corrected chi connectivity index (χ1v) is 5.96. The molecule has 0 aliphatic carbocycles. The number of hydrogen-bond acceptors (Lipinski definition) is 3. The molecule has 1 aromatic carbocycles. The van der Waals surface area contributed by atoms with E-state index in [1.54, 1.807) is 0 Å². The third-order valence-corrected chi connectivity index (χ3v) is 3.24. The van der Waals surface area contributed by atoms with Crippen LogP contribution in [0.15, 0.2) is 29.2 Å². The fourth-order valence-corrected chi connectivity index (χ4v) is 1.73. The molecule has 96 valence electrons. The third-order valence-electron chi connectivity index (χ3n) is 1.81. The van der Waals surface area contributed by atoms with Crippen LogP contribution < -0.4 is 9.46 Å². The van der Waals surface area contributed by atoms with Crippen LogP contribution in [-0.2, 0) is 10.0 Å². The van der Waals surface area contributed by atoms with E-state index in [9.17, 15) is 21.6 Å². The van der Waals surface area contributed by atoms with Crippen LogP contribution in [0.25, 0.3) is 0 Å². The van der Waals surface area contributed by atoms with Crippen molar-refractivity contribution in [1.29, 1.82) is 0 Å². The first-order chi connectivity index (χ1) is 7.74. The van der Waals surface area contributed by atoms with E-state index >= 15 is 0 Å². The van der Waals surface area contributed by atoms with Crippen molar-refractivity contribution in [3.05, 3.63) is 24.3 Å². The Kier molecular flexibility index (Phi) is 3.99. The lowest BCUT2D eigenvalue weighted by Gasteiger charge is -2.09. The molecule has 0 spiro atoms. The Morgan fingerprint density at radius 1 is 1.24 bits per heavy atom. The van der Waals surface area contributed by atoms with Gasteiger partial charge in [-0.3, -0.25) is 0 Å². The van der Waals surface area contributed by atoms with Crippen molar-refractivity contribution in [2.75, 3.05) is 13.7 Å². The topological polar surface area (TPSA) is 55.4 Å². The minimum Gasteiger partial charge on any atom is -0.484 e. The predicted molar refractivity (Wildman–Crippen MR) is 54.2 cm³/mol. The predicted octanol–water partition coefficient (Wildman–Crippen LogP) is 1.54. The van der Waals surface area contributed by atoms with E-state index in [0.29, 0.717) is 0 Å². The van der Waals surface area contributed by atoms with Gasteiger partial charge in [-0.25, -0.2) is 13.1 Å². The summed E-state index contributed by atoms with van der Waals surface area (Å²) in [5.41, 5.74) is 0. The number of halogens is 3. The monoisotopic (exact) mass is 269 g/mol. The van der Waals surface area contributed by atoms with Crippen LogP contribution in [0.1, 0.15) is 0 Å². The van der Waals surface area contributed by atoms with Gasteiger partial charge in [-0.15, -0.1) is 0 Å². The van der Waals surface area contributed by atoms with Crippen LogP contribution in [-0.4, -0.2) is 28.2 Å². The molecule has 0 saturated carbocycles. The van der Waals surface area contributed by atoms with Crippen molar-refractivity contribution in [3.63, 3.8) is 0 Å². The number of alkyl halides is 3. The summed E-state index contributed by atoms with van der Waals surface area (Å²) in [6, 6.07) is 4.65. The fourth-order valence-electron chi connectivity index (χ4n) is 0.998. The van der Waals surface area contributed by atoms with Crippen molar-refractivity contribution in [3.8, 4) is 5.75 Å². The zero-order chi connectivity index (χ0) is 13.1. The molecule has 8 heteroatoms. The average molecular weight is 269 g/mol. The van der Waals surface area contributed by atoms with Crippen molar-refractivity contribution < 1.29 is 26.3 Å². The summed E-state index contributed by atoms with van der Waals surface area (Å²) in [6.07, 6.45) is -4.42. The number of hydrogen-bond donors (Lipinski definition) is 1. The van der Waals surface area contributed by atoms with Crippen molar-refractivity contribution in [2.24, 2.45) is 0 Å². The van der Waals surface area contributed by atoms with Gasteiger partial charge in [0.15, 0.2) is 6.61 Å². The van der Waals surface area contributed by atoms with Gasteiger partial charge < -0.3 is 4.74 Å². The Bertz CT molecular complexity index is 467. The van der Waals surface area contributed by atoms with Gasteiger partial charge in [0.25, 0.3) is 0 Å². The Hall–Kier alpha value is -1.28. The molecule has 17 heavy (non-hydrogen) atoms. The second kappa shape index (κ2) is 4.92. The van der Waals surface area contributed by atoms with Crippen molar-refractivity contribution in [1.82, 2.24) is 4.72 Å². The largest absolute Gasteiger partial charge is 0.484 e. The maximum absolute atomic E-state index is 11.8. The van der Waals surface area contributed by atoms with Gasteiger partial charge in [-0.05, 0) is 31.3 Å². The number of rotatable bonds is 4. The number of sulfonamides is 1. The van der Waals surface area contributed by atoms with E-state index in [2.05, 4.69) is 9.46 Å². The highest BCUT2D eigenvalue weighted by Crippen LogP contribution is 2.20. The Labute approximate surface area is 96.4 Å². The number of nitrogens with one attached hydrogen (secondary N) is 1. The molecule has 0 bridgehead atoms. The number of benzene rings is 1. The lowest BCUT2D eigenvalue weighted by atomic mass is 10.3. The molecule has 1 aromatic rings. The van der Waals surface area contributed by atoms with E-state index in [1.165, 1.54) is 7.05 Å². The van der Waals surface area contributed by atoms with Gasteiger partial charge in [0, 0.05) is 0 Å². The summed E-state index contributed by atoms with van der Waals surface area (Å²) in [4.78, 5) is -0.0423. The van der Waals surface area contributed by atoms with E-state index < -0.39 is 22.8 Å². The van der Waals surface area contributed by atoms with Gasteiger partial charge in [-0.1, -0.05) is 0 Å². The molecule has 0 aliphatic rings. The second-order valence-corrected chi connectivity index (χ2v) is 4.97. The Morgan fingerprint density at radius 3 is 2.18 bits per heavy atom. The first kappa shape index (κ1) is 13.8. The summed E-state index contributed by atoms with van der Waals surface area (Å²) in [6.45, 7) is -1.41. The van der Waals surface area contributed by atoms with Crippen molar-refractivity contribution >= 4 is 10.0 Å². The Balaban J connectivity index is 2.76. The molecule has 1 N–H and O–H groups in total. The average Bonchev–Trinajstić information content (AvgIpc) is 2.26. The normalized spacial score (nSPS) is 12.5. The van der Waals surface area contributed by atoms with Crippen LogP contribution in [0, 0.1) is 0 Å². The molecule has 0 aromatic heterocycles. The van der Waals surface area contributed by atoms with Crippen LogP contribution in [0.2, 0.25) is 0 Å². The van der Waals surface area contributed by atoms with Crippen LogP contribution in [0.4, 0.5) is 13.2 Å². The minimum atomic E-state index is -4.42. The fraction of sp³-hybridized carbons (Fsp3) is 0.333. The maximum Gasteiger partial charge on any atom is 0.422 e. The molecule has 4 nitrogen and oxygen atoms in total. The van der Waals surface area contributed by atoms with Gasteiger partial charge in [0.1, 0.15) is 5.75 Å². The zero-order valence-corrected chi connectivity index (χ0v) is 9.60. The van der Waals surface area contributed by atoms with Crippen LogP contribution in [0.5, 0.6) is 5.75 Å². The van der Waals surface area contributed by atoms with E-state index in [-0.39, 0.29) is 10.6 Å². The smallest absolute Gasteiger partial charge is 0.422 e. The van der Waals surface area contributed by atoms with Gasteiger partial charge in [0.05, 0.1) is 4.90 Å². The number of ether oxygens (including phenoxy) is 1. The molecule has 1 rings (SSSR count). The summed E-state index contributed by atoms with van der Waals surface area (Å²) < 4.78 is 64.6. The quantitative estimate of drug-likeness (QED) is 0.902.